The van der Waals surface area contributed by atoms with Crippen LogP contribution in [0.5, 0.6) is 0 Å². The van der Waals surface area contributed by atoms with Gasteiger partial charge in [-0.05, 0) is 26.2 Å². The maximum Gasteiger partial charge on any atom is 0.314 e. The lowest BCUT2D eigenvalue weighted by Gasteiger charge is -2.34. The van der Waals surface area contributed by atoms with Gasteiger partial charge in [-0.2, -0.15) is 0 Å². The number of carbonyl (C=O) groups excluding carboxylic acids is 4. The molecule has 2 aliphatic heterocycles. The Labute approximate surface area is 223 Å². The molecule has 0 spiro atoms. The molecule has 0 radical (unpaired) electrons. The number of hydrogen-bond acceptors (Lipinski definition) is 9. The second-order valence-electron chi connectivity index (χ2n) is 9.06. The fourth-order valence-electron chi connectivity index (χ4n) is 3.99. The van der Waals surface area contributed by atoms with Gasteiger partial charge in [-0.15, -0.1) is 11.3 Å². The molecule has 1 atom stereocenters. The van der Waals surface area contributed by atoms with Crippen molar-refractivity contribution < 1.29 is 19.2 Å². The van der Waals surface area contributed by atoms with Crippen LogP contribution >= 0.6 is 22.9 Å². The highest BCUT2D eigenvalue weighted by Gasteiger charge is 2.31. The van der Waals surface area contributed by atoms with Crippen molar-refractivity contribution >= 4 is 52.4 Å². The Morgan fingerprint density at radius 3 is 2.51 bits per heavy atom. The number of halogens is 1. The van der Waals surface area contributed by atoms with Gasteiger partial charge in [-0.3, -0.25) is 19.2 Å². The lowest BCUT2D eigenvalue weighted by atomic mass is 10.2. The zero-order valence-corrected chi connectivity index (χ0v) is 22.2. The minimum atomic E-state index is -1.06. The Hall–Kier alpha value is -3.13. The number of fused-ring (bicyclic) bond motifs is 1. The molecule has 198 valence electrons. The number of thiazole rings is 1. The Bertz CT molecular complexity index is 1170. The molecule has 0 bridgehead atoms. The van der Waals surface area contributed by atoms with Crippen molar-refractivity contribution in [3.05, 3.63) is 38.9 Å². The molecule has 0 aromatic carbocycles. The lowest BCUT2D eigenvalue weighted by Crippen LogP contribution is -2.57. The van der Waals surface area contributed by atoms with Gasteiger partial charge in [-0.25, -0.2) is 9.97 Å². The summed E-state index contributed by atoms with van der Waals surface area (Å²) in [5.74, 6) is -2.58. The molecule has 4 heterocycles. The average Bonchev–Trinajstić information content (AvgIpc) is 3.31. The highest BCUT2D eigenvalue weighted by atomic mass is 35.5. The van der Waals surface area contributed by atoms with Crippen molar-refractivity contribution in [3.63, 3.8) is 0 Å². The minimum Gasteiger partial charge on any atom is -0.345 e. The predicted molar refractivity (Wildman–Crippen MR) is 138 cm³/mol. The molecule has 37 heavy (non-hydrogen) atoms. The number of piperazine rings is 1. The van der Waals surface area contributed by atoms with E-state index in [4.69, 9.17) is 11.6 Å². The molecule has 3 N–H and O–H groups in total. The molecule has 0 saturated carbocycles. The third-order valence-electron chi connectivity index (χ3n) is 6.18. The first-order chi connectivity index (χ1) is 17.7. The van der Waals surface area contributed by atoms with E-state index in [9.17, 15) is 19.2 Å². The Morgan fingerprint density at radius 1 is 1.05 bits per heavy atom. The minimum absolute atomic E-state index is 0.154. The molecule has 2 aliphatic rings. The number of amides is 4. The van der Waals surface area contributed by atoms with Crippen LogP contribution in [0.4, 0.5) is 5.82 Å². The van der Waals surface area contributed by atoms with Crippen LogP contribution in [-0.4, -0.2) is 108 Å². The third-order valence-corrected chi connectivity index (χ3v) is 7.48. The van der Waals surface area contributed by atoms with Crippen LogP contribution in [0.15, 0.2) is 18.3 Å². The van der Waals surface area contributed by atoms with Crippen molar-refractivity contribution in [2.45, 2.75) is 19.0 Å². The number of carbonyl (C=O) groups is 4. The van der Waals surface area contributed by atoms with Gasteiger partial charge in [0.1, 0.15) is 11.9 Å². The van der Waals surface area contributed by atoms with Crippen molar-refractivity contribution in [2.24, 2.45) is 0 Å². The van der Waals surface area contributed by atoms with E-state index in [-0.39, 0.29) is 23.3 Å². The van der Waals surface area contributed by atoms with Gasteiger partial charge >= 0.3 is 11.8 Å². The van der Waals surface area contributed by atoms with Crippen molar-refractivity contribution in [1.29, 1.82) is 0 Å². The second kappa shape index (κ2) is 11.9. The number of likely N-dealkylation sites (N-methyl/N-ethyl adjacent to an activating group) is 2. The summed E-state index contributed by atoms with van der Waals surface area (Å²) in [7, 11) is 3.98. The summed E-state index contributed by atoms with van der Waals surface area (Å²) in [5.41, 5.74) is 0.899. The van der Waals surface area contributed by atoms with Gasteiger partial charge in [0.25, 0.3) is 5.91 Å². The molecule has 1 unspecified atom stereocenters. The molecule has 2 aromatic rings. The number of nitrogens with one attached hydrogen (secondary N) is 3. The SMILES string of the molecule is CN1CCN(C(=O)C(CNC(=O)C(=O)Nc2ccc(Cl)cn2)NC(=O)c2nc3c(s2)CN(C)CC3)CC1. The predicted octanol–water partition coefficient (Wildman–Crippen LogP) is -0.193. The number of nitrogens with zero attached hydrogens (tertiary/aromatic N) is 5. The second-order valence-corrected chi connectivity index (χ2v) is 10.6. The Balaban J connectivity index is 1.42. The summed E-state index contributed by atoms with van der Waals surface area (Å²) in [4.78, 5) is 66.5. The van der Waals surface area contributed by atoms with E-state index in [0.29, 0.717) is 31.2 Å². The maximum absolute atomic E-state index is 13.3. The van der Waals surface area contributed by atoms with Gasteiger partial charge in [0.05, 0.1) is 10.7 Å². The molecule has 14 heteroatoms. The average molecular weight is 549 g/mol. The Kier molecular flexibility index (Phi) is 8.69. The molecular weight excluding hydrogens is 520 g/mol. The zero-order chi connectivity index (χ0) is 26.5. The van der Waals surface area contributed by atoms with Gasteiger partial charge in [0.2, 0.25) is 5.91 Å². The monoisotopic (exact) mass is 548 g/mol. The van der Waals surface area contributed by atoms with Crippen LogP contribution < -0.4 is 16.0 Å². The van der Waals surface area contributed by atoms with Crippen molar-refractivity contribution in [1.82, 2.24) is 35.3 Å². The number of anilines is 1. The van der Waals surface area contributed by atoms with Gasteiger partial charge in [-0.1, -0.05) is 11.6 Å². The van der Waals surface area contributed by atoms with E-state index in [1.807, 2.05) is 14.1 Å². The van der Waals surface area contributed by atoms with E-state index in [0.717, 1.165) is 30.1 Å². The molecule has 4 rings (SSSR count). The van der Waals surface area contributed by atoms with Gasteiger partial charge < -0.3 is 30.7 Å². The highest BCUT2D eigenvalue weighted by Crippen LogP contribution is 2.24. The van der Waals surface area contributed by atoms with Crippen molar-refractivity contribution in [2.75, 3.05) is 58.7 Å². The smallest absolute Gasteiger partial charge is 0.314 e. The molecule has 1 fully saturated rings. The molecule has 1 saturated heterocycles. The summed E-state index contributed by atoms with van der Waals surface area (Å²) < 4.78 is 0. The summed E-state index contributed by atoms with van der Waals surface area (Å²) in [6, 6.07) is 1.92. The van der Waals surface area contributed by atoms with E-state index in [2.05, 4.69) is 35.7 Å². The van der Waals surface area contributed by atoms with E-state index in [1.165, 1.54) is 29.7 Å². The van der Waals surface area contributed by atoms with Crippen LogP contribution in [0.1, 0.15) is 20.4 Å². The van der Waals surface area contributed by atoms with Gasteiger partial charge in [0.15, 0.2) is 5.01 Å². The fraction of sp³-hybridized carbons (Fsp3) is 0.478. The molecular formula is C23H29ClN8O4S. The molecule has 4 amide bonds. The highest BCUT2D eigenvalue weighted by molar-refractivity contribution is 7.13. The number of hydrogen-bond donors (Lipinski definition) is 3. The first kappa shape index (κ1) is 26.9. The largest absolute Gasteiger partial charge is 0.345 e. The fourth-order valence-corrected chi connectivity index (χ4v) is 5.19. The summed E-state index contributed by atoms with van der Waals surface area (Å²) in [6.07, 6.45) is 2.09. The molecule has 2 aromatic heterocycles. The van der Waals surface area contributed by atoms with Crippen LogP contribution in [0.2, 0.25) is 5.02 Å². The zero-order valence-electron chi connectivity index (χ0n) is 20.6. The number of pyridine rings is 1. The van der Waals surface area contributed by atoms with Crippen LogP contribution in [-0.2, 0) is 27.3 Å². The standard InChI is InChI=1S/C23H29ClN8O4S/c1-30-7-9-32(10-8-30)23(36)16(12-26-19(33)20(34)29-18-4-3-14(24)11-25-18)27-21(35)22-28-15-5-6-31(2)13-17(15)37-22/h3-4,11,16H,5-10,12-13H2,1-2H3,(H,26,33)(H,27,35)(H,25,29,34). The molecule has 12 nitrogen and oxygen atoms in total. The summed E-state index contributed by atoms with van der Waals surface area (Å²) in [6.45, 7) is 3.71. The summed E-state index contributed by atoms with van der Waals surface area (Å²) in [5, 5.41) is 8.21. The topological polar surface area (TPSA) is 140 Å². The van der Waals surface area contributed by atoms with Crippen LogP contribution in [0.25, 0.3) is 0 Å². The molecule has 0 aliphatic carbocycles. The normalized spacial score (nSPS) is 17.0. The first-order valence-electron chi connectivity index (χ1n) is 11.9. The van der Waals surface area contributed by atoms with Crippen molar-refractivity contribution in [3.8, 4) is 0 Å². The van der Waals surface area contributed by atoms with Crippen LogP contribution in [0, 0.1) is 0 Å². The van der Waals surface area contributed by atoms with Gasteiger partial charge in [0, 0.05) is 63.3 Å². The first-order valence-corrected chi connectivity index (χ1v) is 13.0. The number of aromatic nitrogens is 2. The lowest BCUT2D eigenvalue weighted by molar-refractivity contribution is -0.137. The number of rotatable bonds is 6. The Morgan fingerprint density at radius 2 is 1.81 bits per heavy atom. The van der Waals surface area contributed by atoms with Crippen LogP contribution in [0.3, 0.4) is 0 Å². The van der Waals surface area contributed by atoms with E-state index >= 15 is 0 Å². The van der Waals surface area contributed by atoms with E-state index in [1.54, 1.807) is 4.90 Å². The summed E-state index contributed by atoms with van der Waals surface area (Å²) >= 11 is 7.09. The quantitative estimate of drug-likeness (QED) is 0.422. The third kappa shape index (κ3) is 7.01. The maximum atomic E-state index is 13.3. The van der Waals surface area contributed by atoms with E-state index < -0.39 is 23.8 Å².